The van der Waals surface area contributed by atoms with E-state index in [9.17, 15) is 9.59 Å². The highest BCUT2D eigenvalue weighted by Crippen LogP contribution is 2.36. The zero-order valence-corrected chi connectivity index (χ0v) is 18.0. The van der Waals surface area contributed by atoms with Gasteiger partial charge in [-0.1, -0.05) is 19.3 Å². The largest absolute Gasteiger partial charge is 0.493 e. The first-order chi connectivity index (χ1) is 14.6. The van der Waals surface area contributed by atoms with Crippen LogP contribution in [0.3, 0.4) is 0 Å². The lowest BCUT2D eigenvalue weighted by atomic mass is 9.84. The highest BCUT2D eigenvalue weighted by Gasteiger charge is 2.25. The summed E-state index contributed by atoms with van der Waals surface area (Å²) in [6, 6.07) is 5.52. The van der Waals surface area contributed by atoms with E-state index in [1.54, 1.807) is 17.7 Å². The molecule has 1 unspecified atom stereocenters. The monoisotopic (exact) mass is 412 g/mol. The number of aryl methyl sites for hydroxylation is 1. The van der Waals surface area contributed by atoms with Crippen LogP contribution in [0.1, 0.15) is 68.6 Å². The lowest BCUT2D eigenvalue weighted by Crippen LogP contribution is -2.41. The number of amides is 1. The van der Waals surface area contributed by atoms with Gasteiger partial charge in [-0.3, -0.25) is 9.59 Å². The molecule has 2 aliphatic rings. The fraction of sp³-hybridized carbons (Fsp3) is 0.583. The van der Waals surface area contributed by atoms with E-state index < -0.39 is 0 Å². The van der Waals surface area contributed by atoms with Crippen LogP contribution in [-0.4, -0.2) is 30.2 Å². The number of ether oxygens (including phenoxy) is 2. The number of hydrogen-bond acceptors (Lipinski definition) is 4. The van der Waals surface area contributed by atoms with Gasteiger partial charge in [0.25, 0.3) is 11.5 Å². The Morgan fingerprint density at radius 1 is 1.17 bits per heavy atom. The lowest BCUT2D eigenvalue weighted by Gasteiger charge is -2.28. The van der Waals surface area contributed by atoms with Gasteiger partial charge < -0.3 is 19.4 Å². The SMILES string of the molecule is COc1ccc2cc(C(=O)NC(C)C3CCCCC3)c(=O)n3c2c1OCCCCC3. The Kier molecular flexibility index (Phi) is 6.30. The molecule has 4 rings (SSSR count). The van der Waals surface area contributed by atoms with Crippen molar-refractivity contribution in [2.24, 2.45) is 5.92 Å². The highest BCUT2D eigenvalue weighted by atomic mass is 16.5. The summed E-state index contributed by atoms with van der Waals surface area (Å²) in [5.74, 6) is 1.42. The normalized spacial score (nSPS) is 18.6. The molecule has 1 N–H and O–H groups in total. The molecule has 30 heavy (non-hydrogen) atoms. The van der Waals surface area contributed by atoms with Crippen molar-refractivity contribution in [3.05, 3.63) is 34.1 Å². The molecule has 0 saturated heterocycles. The summed E-state index contributed by atoms with van der Waals surface area (Å²) >= 11 is 0. The zero-order valence-electron chi connectivity index (χ0n) is 18.0. The Balaban J connectivity index is 1.74. The topological polar surface area (TPSA) is 69.6 Å². The van der Waals surface area contributed by atoms with E-state index in [1.165, 1.54) is 19.3 Å². The van der Waals surface area contributed by atoms with Crippen molar-refractivity contribution in [1.82, 2.24) is 9.88 Å². The van der Waals surface area contributed by atoms with Gasteiger partial charge in [0.2, 0.25) is 0 Å². The van der Waals surface area contributed by atoms with Crippen molar-refractivity contribution < 1.29 is 14.3 Å². The molecule has 1 aliphatic carbocycles. The van der Waals surface area contributed by atoms with Gasteiger partial charge >= 0.3 is 0 Å². The van der Waals surface area contributed by atoms with Crippen LogP contribution in [-0.2, 0) is 6.54 Å². The third-order valence-electron chi connectivity index (χ3n) is 6.62. The van der Waals surface area contributed by atoms with E-state index >= 15 is 0 Å². The van der Waals surface area contributed by atoms with Crippen LogP contribution in [0.15, 0.2) is 23.0 Å². The molecule has 1 aliphatic heterocycles. The Hall–Kier alpha value is -2.50. The first-order valence-corrected chi connectivity index (χ1v) is 11.3. The molecule has 2 aromatic rings. The van der Waals surface area contributed by atoms with Gasteiger partial charge in [-0.15, -0.1) is 0 Å². The fourth-order valence-electron chi connectivity index (χ4n) is 4.86. The molecule has 1 atom stereocenters. The maximum absolute atomic E-state index is 13.4. The number of pyridine rings is 1. The standard InChI is InChI=1S/C24H32N2O4/c1-16(17-9-5-3-6-10-17)25-23(27)19-15-18-11-12-20(29-2)22-21(18)26(24(19)28)13-7-4-8-14-30-22/h11-12,15-17H,3-10,13-14H2,1-2H3,(H,25,27). The van der Waals surface area contributed by atoms with Crippen molar-refractivity contribution in [2.45, 2.75) is 70.9 Å². The second-order valence-corrected chi connectivity index (χ2v) is 8.62. The molecule has 1 amide bonds. The Morgan fingerprint density at radius 2 is 1.93 bits per heavy atom. The Bertz CT molecular complexity index is 975. The van der Waals surface area contributed by atoms with Gasteiger partial charge in [0.1, 0.15) is 5.56 Å². The third kappa shape index (κ3) is 4.05. The summed E-state index contributed by atoms with van der Waals surface area (Å²) in [4.78, 5) is 26.5. The van der Waals surface area contributed by atoms with Crippen molar-refractivity contribution >= 4 is 16.8 Å². The summed E-state index contributed by atoms with van der Waals surface area (Å²) in [5.41, 5.74) is 0.675. The number of nitrogens with one attached hydrogen (secondary N) is 1. The van der Waals surface area contributed by atoms with Crippen LogP contribution in [0.4, 0.5) is 0 Å². The quantitative estimate of drug-likeness (QED) is 0.814. The van der Waals surface area contributed by atoms with E-state index in [0.717, 1.165) is 43.0 Å². The van der Waals surface area contributed by atoms with Crippen molar-refractivity contribution in [3.63, 3.8) is 0 Å². The predicted molar refractivity (Wildman–Crippen MR) is 118 cm³/mol. The van der Waals surface area contributed by atoms with E-state index in [-0.39, 0.29) is 23.1 Å². The summed E-state index contributed by atoms with van der Waals surface area (Å²) < 4.78 is 13.2. The van der Waals surface area contributed by atoms with Gasteiger partial charge in [0, 0.05) is 18.0 Å². The number of rotatable bonds is 4. The smallest absolute Gasteiger partial charge is 0.264 e. The average Bonchev–Trinajstić information content (AvgIpc) is 2.88. The van der Waals surface area contributed by atoms with E-state index in [1.807, 2.05) is 12.1 Å². The van der Waals surface area contributed by atoms with Crippen LogP contribution in [0.2, 0.25) is 0 Å². The van der Waals surface area contributed by atoms with Crippen molar-refractivity contribution in [2.75, 3.05) is 13.7 Å². The second-order valence-electron chi connectivity index (χ2n) is 8.62. The summed E-state index contributed by atoms with van der Waals surface area (Å²) in [7, 11) is 1.60. The summed E-state index contributed by atoms with van der Waals surface area (Å²) in [6.07, 6.45) is 8.78. The van der Waals surface area contributed by atoms with E-state index in [0.29, 0.717) is 30.6 Å². The van der Waals surface area contributed by atoms with Gasteiger partial charge in [-0.2, -0.15) is 0 Å². The third-order valence-corrected chi connectivity index (χ3v) is 6.62. The highest BCUT2D eigenvalue weighted by molar-refractivity contribution is 5.99. The number of hydrogen-bond donors (Lipinski definition) is 1. The van der Waals surface area contributed by atoms with Crippen molar-refractivity contribution in [3.8, 4) is 11.5 Å². The van der Waals surface area contributed by atoms with Crippen LogP contribution in [0.25, 0.3) is 10.9 Å². The molecule has 6 heteroatoms. The molecular formula is C24H32N2O4. The number of carbonyl (C=O) groups is 1. The van der Waals surface area contributed by atoms with Gasteiger partial charge in [0.15, 0.2) is 11.5 Å². The average molecular weight is 413 g/mol. The lowest BCUT2D eigenvalue weighted by molar-refractivity contribution is 0.0917. The van der Waals surface area contributed by atoms with Gasteiger partial charge in [-0.25, -0.2) is 0 Å². The van der Waals surface area contributed by atoms with Gasteiger partial charge in [0.05, 0.1) is 19.2 Å². The van der Waals surface area contributed by atoms with Gasteiger partial charge in [-0.05, 0) is 63.1 Å². The molecule has 6 nitrogen and oxygen atoms in total. The number of aromatic nitrogens is 1. The molecular weight excluding hydrogens is 380 g/mol. The molecule has 1 saturated carbocycles. The second kappa shape index (κ2) is 9.11. The number of methoxy groups -OCH3 is 1. The van der Waals surface area contributed by atoms with Crippen LogP contribution in [0, 0.1) is 5.92 Å². The predicted octanol–water partition coefficient (Wildman–Crippen LogP) is 4.27. The number of carbonyl (C=O) groups excluding carboxylic acids is 1. The van der Waals surface area contributed by atoms with E-state index in [2.05, 4.69) is 12.2 Å². The summed E-state index contributed by atoms with van der Waals surface area (Å²) in [6.45, 7) is 3.22. The first kappa shape index (κ1) is 20.8. The molecule has 0 radical (unpaired) electrons. The molecule has 1 aromatic carbocycles. The summed E-state index contributed by atoms with van der Waals surface area (Å²) in [5, 5.41) is 3.93. The van der Waals surface area contributed by atoms with Crippen LogP contribution >= 0.6 is 0 Å². The minimum Gasteiger partial charge on any atom is -0.493 e. The molecule has 162 valence electrons. The Morgan fingerprint density at radius 3 is 2.70 bits per heavy atom. The number of nitrogens with zero attached hydrogens (tertiary/aromatic N) is 1. The molecule has 2 heterocycles. The molecule has 1 fully saturated rings. The fourth-order valence-corrected chi connectivity index (χ4v) is 4.86. The Labute approximate surface area is 177 Å². The minimum atomic E-state index is -0.276. The zero-order chi connectivity index (χ0) is 21.1. The maximum atomic E-state index is 13.4. The molecule has 1 aromatic heterocycles. The maximum Gasteiger partial charge on any atom is 0.264 e. The van der Waals surface area contributed by atoms with Crippen LogP contribution in [0.5, 0.6) is 11.5 Å². The number of benzene rings is 1. The first-order valence-electron chi connectivity index (χ1n) is 11.3. The molecule has 0 spiro atoms. The van der Waals surface area contributed by atoms with Crippen LogP contribution < -0.4 is 20.3 Å². The van der Waals surface area contributed by atoms with Crippen molar-refractivity contribution in [1.29, 1.82) is 0 Å². The minimum absolute atomic E-state index is 0.0678. The molecule has 0 bridgehead atoms. The van der Waals surface area contributed by atoms with E-state index in [4.69, 9.17) is 9.47 Å².